The van der Waals surface area contributed by atoms with E-state index in [2.05, 4.69) is 137 Å². The zero-order chi connectivity index (χ0) is 34.8. The number of phenolic OH excluding ortho intramolecular Hbond substituents is 1. The van der Waals surface area contributed by atoms with E-state index in [-0.39, 0.29) is 27.6 Å². The molecule has 1 N–H and O–H groups in total. The molecule has 0 radical (unpaired) electrons. The number of aromatic hydroxyl groups is 1. The highest BCUT2D eigenvalue weighted by Gasteiger charge is 2.50. The Kier molecular flexibility index (Phi) is 10.8. The molecule has 0 fully saturated rings. The molecule has 3 unspecified atom stereocenters. The molecule has 0 aromatic heterocycles. The molecule has 3 heteroatoms. The van der Waals surface area contributed by atoms with Crippen LogP contribution in [-0.4, -0.2) is 11.1 Å². The lowest BCUT2D eigenvalue weighted by Gasteiger charge is -2.47. The van der Waals surface area contributed by atoms with Crippen LogP contribution in [0.5, 0.6) is 5.75 Å². The Morgan fingerprint density at radius 2 is 1.30 bits per heavy atom. The number of benzene rings is 3. The van der Waals surface area contributed by atoms with Crippen molar-refractivity contribution in [2.24, 2.45) is 27.1 Å². The summed E-state index contributed by atoms with van der Waals surface area (Å²) in [5, 5.41) is 10.0. The maximum absolute atomic E-state index is 14.7. The van der Waals surface area contributed by atoms with Crippen molar-refractivity contribution in [2.75, 3.05) is 0 Å². The van der Waals surface area contributed by atoms with Gasteiger partial charge in [-0.25, -0.2) is 0 Å². The molecule has 0 saturated carbocycles. The van der Waals surface area contributed by atoms with Gasteiger partial charge in [0, 0.05) is 11.1 Å². The van der Waals surface area contributed by atoms with E-state index in [0.717, 1.165) is 56.1 Å². The van der Waals surface area contributed by atoms with Crippen LogP contribution >= 0.6 is 0 Å². The molecule has 3 nitrogen and oxygen atoms in total. The van der Waals surface area contributed by atoms with E-state index in [1.165, 1.54) is 16.7 Å². The minimum atomic E-state index is -0.691. The SMILES string of the molecule is CCC(C)(C)CC(c1ccc(O)cc1)C(C)(C)CCC(C)(CC)CC(C)(C(=O)OC1c2ccccc2Cc2ccccc21)C(C)(C)C. The zero-order valence-corrected chi connectivity index (χ0v) is 31.3. The van der Waals surface area contributed by atoms with Crippen LogP contribution in [0.4, 0.5) is 0 Å². The lowest BCUT2D eigenvalue weighted by molar-refractivity contribution is -0.170. The van der Waals surface area contributed by atoms with Gasteiger partial charge in [0.25, 0.3) is 0 Å². The summed E-state index contributed by atoms with van der Waals surface area (Å²) in [6.07, 6.45) is 6.47. The summed E-state index contributed by atoms with van der Waals surface area (Å²) in [5.74, 6) is 0.559. The third-order valence-corrected chi connectivity index (χ3v) is 12.3. The maximum Gasteiger partial charge on any atom is 0.313 e. The van der Waals surface area contributed by atoms with Crippen LogP contribution in [0.2, 0.25) is 0 Å². The molecule has 3 atom stereocenters. The van der Waals surface area contributed by atoms with Gasteiger partial charge in [-0.3, -0.25) is 4.79 Å². The van der Waals surface area contributed by atoms with Gasteiger partial charge < -0.3 is 9.84 Å². The first-order chi connectivity index (χ1) is 21.8. The average molecular weight is 639 g/mol. The third-order valence-electron chi connectivity index (χ3n) is 12.3. The third kappa shape index (κ3) is 8.15. The first-order valence-electron chi connectivity index (χ1n) is 18.0. The molecule has 0 heterocycles. The van der Waals surface area contributed by atoms with Crippen molar-refractivity contribution >= 4 is 5.97 Å². The monoisotopic (exact) mass is 638 g/mol. The second kappa shape index (κ2) is 13.8. The highest BCUT2D eigenvalue weighted by Crippen LogP contribution is 2.54. The predicted octanol–water partition coefficient (Wildman–Crippen LogP) is 12.2. The number of ether oxygens (including phenoxy) is 1. The standard InChI is InChI=1S/C44H62O3/c1-12-41(6,7)29-37(31-22-24-34(45)25-23-31)42(8,9)26-27-43(10,13-2)30-44(11,40(3,4)5)39(46)47-38-35-20-16-14-18-32(35)28-33-19-15-17-21-36(33)38/h14-25,37-38,45H,12-13,26-30H2,1-11H3. The molecule has 0 bridgehead atoms. The van der Waals surface area contributed by atoms with Crippen LogP contribution in [0.3, 0.4) is 0 Å². The van der Waals surface area contributed by atoms with Gasteiger partial charge in [-0.05, 0) is 95.4 Å². The highest BCUT2D eigenvalue weighted by atomic mass is 16.5. The van der Waals surface area contributed by atoms with Crippen LogP contribution in [0.15, 0.2) is 72.8 Å². The number of fused-ring (bicyclic) bond motifs is 2. The summed E-state index contributed by atoms with van der Waals surface area (Å²) in [4.78, 5) is 14.7. The second-order valence-corrected chi connectivity index (χ2v) is 17.6. The maximum atomic E-state index is 14.7. The molecular weight excluding hydrogens is 576 g/mol. The molecule has 256 valence electrons. The van der Waals surface area contributed by atoms with E-state index < -0.39 is 11.5 Å². The first-order valence-corrected chi connectivity index (χ1v) is 18.0. The van der Waals surface area contributed by atoms with E-state index in [1.54, 1.807) is 0 Å². The Balaban J connectivity index is 1.61. The van der Waals surface area contributed by atoms with Crippen molar-refractivity contribution in [3.05, 3.63) is 101 Å². The van der Waals surface area contributed by atoms with Gasteiger partial charge in [0.05, 0.1) is 5.41 Å². The normalized spacial score (nSPS) is 17.2. The fourth-order valence-electron chi connectivity index (χ4n) is 7.57. The molecular formula is C44H62O3. The van der Waals surface area contributed by atoms with E-state index in [9.17, 15) is 9.90 Å². The molecule has 47 heavy (non-hydrogen) atoms. The van der Waals surface area contributed by atoms with Gasteiger partial charge in [0.2, 0.25) is 0 Å². The number of carbonyl (C=O) groups is 1. The minimum absolute atomic E-state index is 0.0218. The van der Waals surface area contributed by atoms with Crippen molar-refractivity contribution < 1.29 is 14.6 Å². The first kappa shape index (κ1) is 36.8. The van der Waals surface area contributed by atoms with E-state index in [1.807, 2.05) is 12.1 Å². The average Bonchev–Trinajstić information content (AvgIpc) is 3.02. The molecule has 4 rings (SSSR count). The van der Waals surface area contributed by atoms with Gasteiger partial charge >= 0.3 is 5.97 Å². The number of phenols is 1. The summed E-state index contributed by atoms with van der Waals surface area (Å²) in [6.45, 7) is 25.3. The molecule has 3 aromatic carbocycles. The lowest BCUT2D eigenvalue weighted by Crippen LogP contribution is -2.46. The Morgan fingerprint density at radius 1 is 0.766 bits per heavy atom. The van der Waals surface area contributed by atoms with E-state index in [4.69, 9.17) is 4.74 Å². The smallest absolute Gasteiger partial charge is 0.313 e. The van der Waals surface area contributed by atoms with Gasteiger partial charge in [-0.15, -0.1) is 0 Å². The molecule has 1 aliphatic carbocycles. The second-order valence-electron chi connectivity index (χ2n) is 17.6. The molecule has 0 saturated heterocycles. The number of carbonyl (C=O) groups excluding carboxylic acids is 1. The molecule has 0 amide bonds. The summed E-state index contributed by atoms with van der Waals surface area (Å²) >= 11 is 0. The quantitative estimate of drug-likeness (QED) is 0.189. The number of esters is 1. The summed E-state index contributed by atoms with van der Waals surface area (Å²) < 4.78 is 6.69. The molecule has 3 aromatic rings. The summed E-state index contributed by atoms with van der Waals surface area (Å²) in [7, 11) is 0. The minimum Gasteiger partial charge on any atom is -0.508 e. The van der Waals surface area contributed by atoms with Crippen molar-refractivity contribution in [1.82, 2.24) is 0 Å². The fraction of sp³-hybridized carbons (Fsp3) is 0.568. The number of hydrogen-bond acceptors (Lipinski definition) is 3. The Bertz CT molecular complexity index is 1460. The number of rotatable bonds is 13. The molecule has 1 aliphatic rings. The van der Waals surface area contributed by atoms with Crippen LogP contribution in [-0.2, 0) is 16.0 Å². The van der Waals surface area contributed by atoms with Gasteiger partial charge in [0.1, 0.15) is 5.75 Å². The van der Waals surface area contributed by atoms with Gasteiger partial charge in [-0.2, -0.15) is 0 Å². The highest BCUT2D eigenvalue weighted by molar-refractivity contribution is 5.78. The lowest BCUT2D eigenvalue weighted by atomic mass is 9.57. The van der Waals surface area contributed by atoms with Gasteiger partial charge in [-0.1, -0.05) is 143 Å². The Morgan fingerprint density at radius 3 is 1.79 bits per heavy atom. The Hall–Kier alpha value is -3.07. The summed E-state index contributed by atoms with van der Waals surface area (Å²) in [6, 6.07) is 24.7. The summed E-state index contributed by atoms with van der Waals surface area (Å²) in [5.41, 5.74) is 5.15. The topological polar surface area (TPSA) is 46.5 Å². The molecule has 0 spiro atoms. The predicted molar refractivity (Wildman–Crippen MR) is 197 cm³/mol. The fourth-order valence-corrected chi connectivity index (χ4v) is 7.57. The van der Waals surface area contributed by atoms with Crippen LogP contribution in [0.25, 0.3) is 0 Å². The van der Waals surface area contributed by atoms with E-state index in [0.29, 0.717) is 11.7 Å². The van der Waals surface area contributed by atoms with Crippen molar-refractivity contribution in [2.45, 2.75) is 133 Å². The molecule has 0 aliphatic heterocycles. The van der Waals surface area contributed by atoms with Crippen LogP contribution < -0.4 is 0 Å². The zero-order valence-electron chi connectivity index (χ0n) is 31.3. The van der Waals surface area contributed by atoms with E-state index >= 15 is 0 Å². The van der Waals surface area contributed by atoms with Crippen molar-refractivity contribution in [3.8, 4) is 5.75 Å². The van der Waals surface area contributed by atoms with Crippen LogP contribution in [0, 0.1) is 27.1 Å². The van der Waals surface area contributed by atoms with Crippen LogP contribution in [0.1, 0.15) is 155 Å². The largest absolute Gasteiger partial charge is 0.508 e. The van der Waals surface area contributed by atoms with Crippen molar-refractivity contribution in [3.63, 3.8) is 0 Å². The number of hydrogen-bond donors (Lipinski definition) is 1. The van der Waals surface area contributed by atoms with Gasteiger partial charge in [0.15, 0.2) is 6.10 Å². The van der Waals surface area contributed by atoms with Crippen molar-refractivity contribution in [1.29, 1.82) is 0 Å². The Labute approximate surface area is 286 Å².